The Balaban J connectivity index is 2.66. The summed E-state index contributed by atoms with van der Waals surface area (Å²) in [6, 6.07) is 4.94. The number of hydrogen-bond donors (Lipinski definition) is 1. The van der Waals surface area contributed by atoms with Crippen molar-refractivity contribution in [3.05, 3.63) is 35.1 Å². The lowest BCUT2D eigenvalue weighted by molar-refractivity contribution is 0.112. The molecule has 0 fully saturated rings. The molecule has 4 heteroatoms. The minimum absolute atomic E-state index is 0.218. The van der Waals surface area contributed by atoms with E-state index in [-0.39, 0.29) is 12.4 Å². The van der Waals surface area contributed by atoms with E-state index in [1.54, 1.807) is 12.1 Å². The molecular formula is C16H22FNO2. The summed E-state index contributed by atoms with van der Waals surface area (Å²) in [6.07, 6.45) is 0. The van der Waals surface area contributed by atoms with Crippen LogP contribution in [0, 0.1) is 17.7 Å². The summed E-state index contributed by atoms with van der Waals surface area (Å²) in [6.45, 7) is 7.34. The van der Waals surface area contributed by atoms with E-state index in [0.717, 1.165) is 13.1 Å². The number of halogens is 1. The molecule has 0 bridgehead atoms. The Hall–Kier alpha value is -1.41. The van der Waals surface area contributed by atoms with Gasteiger partial charge in [-0.15, -0.1) is 0 Å². The van der Waals surface area contributed by atoms with Crippen molar-refractivity contribution in [2.24, 2.45) is 0 Å². The van der Waals surface area contributed by atoms with Crippen LogP contribution in [0.4, 0.5) is 4.39 Å². The molecule has 0 aliphatic heterocycles. The minimum atomic E-state index is -0.260. The predicted octanol–water partition coefficient (Wildman–Crippen LogP) is 2.03. The SMILES string of the molecule is CCOCCN(CC)Cc1ccc(C#CCO)cc1F. The largest absolute Gasteiger partial charge is 0.384 e. The van der Waals surface area contributed by atoms with Crippen LogP contribution in [0.5, 0.6) is 0 Å². The van der Waals surface area contributed by atoms with Gasteiger partial charge in [-0.2, -0.15) is 0 Å². The fourth-order valence-electron chi connectivity index (χ4n) is 1.82. The molecule has 0 saturated carbocycles. The summed E-state index contributed by atoms with van der Waals surface area (Å²) in [5.74, 6) is 4.95. The number of nitrogens with zero attached hydrogens (tertiary/aromatic N) is 1. The fourth-order valence-corrected chi connectivity index (χ4v) is 1.82. The van der Waals surface area contributed by atoms with Crippen LogP contribution in [0.15, 0.2) is 18.2 Å². The summed E-state index contributed by atoms with van der Waals surface area (Å²) in [5, 5.41) is 8.62. The first kappa shape index (κ1) is 16.6. The molecule has 1 aromatic carbocycles. The Morgan fingerprint density at radius 3 is 2.75 bits per heavy atom. The molecule has 0 aromatic heterocycles. The summed E-state index contributed by atoms with van der Waals surface area (Å²) < 4.78 is 19.3. The number of aliphatic hydroxyl groups excluding tert-OH is 1. The van der Waals surface area contributed by atoms with Crippen molar-refractivity contribution >= 4 is 0 Å². The third-order valence-corrected chi connectivity index (χ3v) is 2.96. The molecular weight excluding hydrogens is 257 g/mol. The third-order valence-electron chi connectivity index (χ3n) is 2.96. The molecule has 20 heavy (non-hydrogen) atoms. The van der Waals surface area contributed by atoms with E-state index in [1.807, 2.05) is 13.8 Å². The summed E-state index contributed by atoms with van der Waals surface area (Å²) in [4.78, 5) is 2.13. The van der Waals surface area contributed by atoms with Crippen molar-refractivity contribution in [2.75, 3.05) is 32.9 Å². The van der Waals surface area contributed by atoms with Crippen LogP contribution in [0.2, 0.25) is 0 Å². The lowest BCUT2D eigenvalue weighted by Gasteiger charge is -2.20. The van der Waals surface area contributed by atoms with Crippen LogP contribution in [-0.2, 0) is 11.3 Å². The number of hydrogen-bond acceptors (Lipinski definition) is 3. The standard InChI is InChI=1S/C16H22FNO2/c1-3-18(9-11-20-4-2)13-15-8-7-14(6-5-10-19)12-16(15)17/h7-8,12,19H,3-4,9-11,13H2,1-2H3. The molecule has 110 valence electrons. The van der Waals surface area contributed by atoms with Gasteiger partial charge in [0, 0.05) is 30.8 Å². The topological polar surface area (TPSA) is 32.7 Å². The predicted molar refractivity (Wildman–Crippen MR) is 77.8 cm³/mol. The van der Waals surface area contributed by atoms with Gasteiger partial charge in [-0.3, -0.25) is 4.90 Å². The normalized spacial score (nSPS) is 10.4. The van der Waals surface area contributed by atoms with Crippen LogP contribution in [0.25, 0.3) is 0 Å². The van der Waals surface area contributed by atoms with Gasteiger partial charge in [-0.1, -0.05) is 24.8 Å². The van der Waals surface area contributed by atoms with E-state index >= 15 is 0 Å². The Kier molecular flexibility index (Phi) is 7.89. The smallest absolute Gasteiger partial charge is 0.128 e. The van der Waals surface area contributed by atoms with Crippen molar-refractivity contribution in [1.82, 2.24) is 4.90 Å². The zero-order valence-electron chi connectivity index (χ0n) is 12.2. The van der Waals surface area contributed by atoms with Crippen LogP contribution in [0.3, 0.4) is 0 Å². The molecule has 1 N–H and O–H groups in total. The Morgan fingerprint density at radius 1 is 1.35 bits per heavy atom. The van der Waals surface area contributed by atoms with E-state index in [9.17, 15) is 4.39 Å². The van der Waals surface area contributed by atoms with E-state index < -0.39 is 0 Å². The molecule has 0 heterocycles. The number of likely N-dealkylation sites (N-methyl/N-ethyl adjacent to an activating group) is 1. The van der Waals surface area contributed by atoms with Crippen molar-refractivity contribution in [3.63, 3.8) is 0 Å². The third kappa shape index (κ3) is 5.70. The second-order valence-electron chi connectivity index (χ2n) is 4.33. The van der Waals surface area contributed by atoms with E-state index in [4.69, 9.17) is 9.84 Å². The van der Waals surface area contributed by atoms with Gasteiger partial charge in [0.1, 0.15) is 12.4 Å². The van der Waals surface area contributed by atoms with E-state index in [0.29, 0.717) is 30.9 Å². The lowest BCUT2D eigenvalue weighted by Crippen LogP contribution is -2.27. The molecule has 1 rings (SSSR count). The molecule has 0 spiro atoms. The zero-order valence-corrected chi connectivity index (χ0v) is 12.2. The van der Waals surface area contributed by atoms with E-state index in [1.165, 1.54) is 6.07 Å². The van der Waals surface area contributed by atoms with E-state index in [2.05, 4.69) is 16.7 Å². The van der Waals surface area contributed by atoms with Crippen LogP contribution in [-0.4, -0.2) is 42.9 Å². The van der Waals surface area contributed by atoms with Gasteiger partial charge in [-0.05, 0) is 25.6 Å². The first-order valence-electron chi connectivity index (χ1n) is 6.89. The molecule has 1 aromatic rings. The second kappa shape index (κ2) is 9.49. The number of benzene rings is 1. The average molecular weight is 279 g/mol. The first-order chi connectivity index (χ1) is 9.71. The van der Waals surface area contributed by atoms with Crippen molar-refractivity contribution in [3.8, 4) is 11.8 Å². The van der Waals surface area contributed by atoms with Crippen molar-refractivity contribution in [2.45, 2.75) is 20.4 Å². The van der Waals surface area contributed by atoms with Gasteiger partial charge < -0.3 is 9.84 Å². The zero-order chi connectivity index (χ0) is 14.8. The van der Waals surface area contributed by atoms with Gasteiger partial charge in [0.15, 0.2) is 0 Å². The van der Waals surface area contributed by atoms with Gasteiger partial charge in [0.05, 0.1) is 6.61 Å². The minimum Gasteiger partial charge on any atom is -0.384 e. The maximum atomic E-state index is 14.0. The highest BCUT2D eigenvalue weighted by atomic mass is 19.1. The highest BCUT2D eigenvalue weighted by Gasteiger charge is 2.08. The monoisotopic (exact) mass is 279 g/mol. The van der Waals surface area contributed by atoms with Crippen LogP contribution in [0.1, 0.15) is 25.0 Å². The van der Waals surface area contributed by atoms with Gasteiger partial charge in [0.2, 0.25) is 0 Å². The van der Waals surface area contributed by atoms with Crippen molar-refractivity contribution in [1.29, 1.82) is 0 Å². The number of aliphatic hydroxyl groups is 1. The highest BCUT2D eigenvalue weighted by Crippen LogP contribution is 2.12. The average Bonchev–Trinajstić information content (AvgIpc) is 2.46. The summed E-state index contributed by atoms with van der Waals surface area (Å²) in [7, 11) is 0. The lowest BCUT2D eigenvalue weighted by atomic mass is 10.1. The molecule has 0 aliphatic rings. The molecule has 0 amide bonds. The maximum absolute atomic E-state index is 14.0. The molecule has 0 saturated heterocycles. The first-order valence-corrected chi connectivity index (χ1v) is 6.89. The molecule has 0 atom stereocenters. The molecule has 0 unspecified atom stereocenters. The second-order valence-corrected chi connectivity index (χ2v) is 4.33. The highest BCUT2D eigenvalue weighted by molar-refractivity contribution is 5.37. The maximum Gasteiger partial charge on any atom is 0.128 e. The molecule has 0 radical (unpaired) electrons. The summed E-state index contributed by atoms with van der Waals surface area (Å²) >= 11 is 0. The Labute approximate surface area is 120 Å². The fraction of sp³-hybridized carbons (Fsp3) is 0.500. The quantitative estimate of drug-likeness (QED) is 0.612. The summed E-state index contributed by atoms with van der Waals surface area (Å²) in [5.41, 5.74) is 1.23. The number of ether oxygens (including phenoxy) is 1. The Bertz CT molecular complexity index is 465. The van der Waals surface area contributed by atoms with Gasteiger partial charge in [-0.25, -0.2) is 4.39 Å². The Morgan fingerprint density at radius 2 is 2.15 bits per heavy atom. The van der Waals surface area contributed by atoms with Gasteiger partial charge in [0.25, 0.3) is 0 Å². The number of rotatable bonds is 7. The van der Waals surface area contributed by atoms with Crippen LogP contribution >= 0.6 is 0 Å². The van der Waals surface area contributed by atoms with Gasteiger partial charge >= 0.3 is 0 Å². The van der Waals surface area contributed by atoms with Crippen LogP contribution < -0.4 is 0 Å². The van der Waals surface area contributed by atoms with Crippen molar-refractivity contribution < 1.29 is 14.2 Å². The molecule has 3 nitrogen and oxygen atoms in total. The molecule has 0 aliphatic carbocycles.